The monoisotopic (exact) mass is 267 g/mol. The molecule has 1 atom stereocenters. The van der Waals surface area contributed by atoms with Crippen LogP contribution in [0.5, 0.6) is 0 Å². The fourth-order valence-corrected chi connectivity index (χ4v) is 2.41. The topological polar surface area (TPSA) is 44.4 Å². The van der Waals surface area contributed by atoms with Gasteiger partial charge in [-0.25, -0.2) is 0 Å². The summed E-state index contributed by atoms with van der Waals surface area (Å²) >= 11 is 5.98. The number of nitrogens with zero attached hydrogens (tertiary/aromatic N) is 1. The van der Waals surface area contributed by atoms with Crippen LogP contribution in [0.1, 0.15) is 6.42 Å². The summed E-state index contributed by atoms with van der Waals surface area (Å²) in [6.07, 6.45) is 0.974. The number of hydrogen-bond donors (Lipinski definition) is 2. The molecular formula is C13H18ClN3O. The lowest BCUT2D eigenvalue weighted by atomic mass is 10.2. The highest BCUT2D eigenvalue weighted by atomic mass is 35.5. The molecule has 4 nitrogen and oxygen atoms in total. The Labute approximate surface area is 112 Å². The van der Waals surface area contributed by atoms with E-state index in [4.69, 9.17) is 11.6 Å². The van der Waals surface area contributed by atoms with Gasteiger partial charge in [0.15, 0.2) is 0 Å². The number of likely N-dealkylation sites (N-methyl/N-ethyl adjacent to an activating group) is 1. The molecule has 0 spiro atoms. The number of amides is 1. The summed E-state index contributed by atoms with van der Waals surface area (Å²) in [5.41, 5.74) is 1.12. The maximum Gasteiger partial charge on any atom is 0.234 e. The summed E-state index contributed by atoms with van der Waals surface area (Å²) in [4.78, 5) is 13.7. The second-order valence-electron chi connectivity index (χ2n) is 4.51. The van der Waals surface area contributed by atoms with Gasteiger partial charge in [-0.3, -0.25) is 4.79 Å². The van der Waals surface area contributed by atoms with Crippen molar-refractivity contribution < 1.29 is 4.79 Å². The molecule has 1 aromatic rings. The third kappa shape index (κ3) is 3.37. The number of nitrogens with one attached hydrogen (secondary N) is 2. The standard InChI is InChI=1S/C13H18ClN3O/c1-15-8-13(18)16-11-5-6-17(9-11)12-4-2-3-10(14)7-12/h2-4,7,11,15H,5-6,8-9H2,1H3,(H,16,18). The quantitative estimate of drug-likeness (QED) is 0.863. The van der Waals surface area contributed by atoms with E-state index in [1.165, 1.54) is 0 Å². The van der Waals surface area contributed by atoms with Crippen LogP contribution in [0.4, 0.5) is 5.69 Å². The minimum atomic E-state index is 0.0513. The van der Waals surface area contributed by atoms with Crippen molar-refractivity contribution in [3.05, 3.63) is 29.3 Å². The van der Waals surface area contributed by atoms with E-state index in [2.05, 4.69) is 15.5 Å². The zero-order valence-electron chi connectivity index (χ0n) is 10.4. The molecule has 5 heteroatoms. The Morgan fingerprint density at radius 2 is 2.39 bits per heavy atom. The summed E-state index contributed by atoms with van der Waals surface area (Å²) in [6.45, 7) is 2.16. The van der Waals surface area contributed by atoms with Crippen LogP contribution in [0.15, 0.2) is 24.3 Å². The average molecular weight is 268 g/mol. The molecular weight excluding hydrogens is 250 g/mol. The SMILES string of the molecule is CNCC(=O)NC1CCN(c2cccc(Cl)c2)C1. The Hall–Kier alpha value is -1.26. The van der Waals surface area contributed by atoms with E-state index in [1.807, 2.05) is 24.3 Å². The third-order valence-electron chi connectivity index (χ3n) is 3.06. The van der Waals surface area contributed by atoms with Crippen LogP contribution >= 0.6 is 11.6 Å². The van der Waals surface area contributed by atoms with Crippen molar-refractivity contribution >= 4 is 23.2 Å². The van der Waals surface area contributed by atoms with Crippen LogP contribution in [0.2, 0.25) is 5.02 Å². The maximum atomic E-state index is 11.5. The zero-order chi connectivity index (χ0) is 13.0. The molecule has 0 aliphatic carbocycles. The first kappa shape index (κ1) is 13.2. The lowest BCUT2D eigenvalue weighted by molar-refractivity contribution is -0.120. The maximum absolute atomic E-state index is 11.5. The molecule has 1 heterocycles. The Morgan fingerprint density at radius 3 is 3.11 bits per heavy atom. The first-order chi connectivity index (χ1) is 8.69. The normalized spacial score (nSPS) is 19.0. The smallest absolute Gasteiger partial charge is 0.234 e. The Balaban J connectivity index is 1.90. The van der Waals surface area contributed by atoms with E-state index in [1.54, 1.807) is 7.05 Å². The summed E-state index contributed by atoms with van der Waals surface area (Å²) in [7, 11) is 1.77. The second-order valence-corrected chi connectivity index (χ2v) is 4.95. The first-order valence-corrected chi connectivity index (χ1v) is 6.51. The molecule has 2 rings (SSSR count). The summed E-state index contributed by atoms with van der Waals surface area (Å²) in [6, 6.07) is 8.05. The van der Waals surface area contributed by atoms with Gasteiger partial charge in [-0.2, -0.15) is 0 Å². The molecule has 1 amide bonds. The van der Waals surface area contributed by atoms with Crippen molar-refractivity contribution in [3.63, 3.8) is 0 Å². The van der Waals surface area contributed by atoms with Crippen LogP contribution in [-0.4, -0.2) is 38.6 Å². The Bertz CT molecular complexity index is 424. The first-order valence-electron chi connectivity index (χ1n) is 6.13. The van der Waals surface area contributed by atoms with E-state index in [9.17, 15) is 4.79 Å². The average Bonchev–Trinajstić information content (AvgIpc) is 2.78. The van der Waals surface area contributed by atoms with Gasteiger partial charge < -0.3 is 15.5 Å². The molecule has 0 aromatic heterocycles. The highest BCUT2D eigenvalue weighted by Gasteiger charge is 2.23. The number of carbonyl (C=O) groups excluding carboxylic acids is 1. The molecule has 1 unspecified atom stereocenters. The van der Waals surface area contributed by atoms with Crippen LogP contribution in [-0.2, 0) is 4.79 Å². The van der Waals surface area contributed by atoms with Gasteiger partial charge in [0.25, 0.3) is 0 Å². The van der Waals surface area contributed by atoms with Crippen molar-refractivity contribution in [2.24, 2.45) is 0 Å². The zero-order valence-corrected chi connectivity index (χ0v) is 11.2. The fourth-order valence-electron chi connectivity index (χ4n) is 2.22. The van der Waals surface area contributed by atoms with E-state index in [0.717, 1.165) is 30.2 Å². The molecule has 0 radical (unpaired) electrons. The molecule has 1 aromatic carbocycles. The minimum absolute atomic E-state index is 0.0513. The molecule has 1 fully saturated rings. The second kappa shape index (κ2) is 6.07. The Kier molecular flexibility index (Phi) is 4.44. The van der Waals surface area contributed by atoms with Crippen molar-refractivity contribution in [1.29, 1.82) is 0 Å². The molecule has 1 aliphatic rings. The number of benzene rings is 1. The van der Waals surface area contributed by atoms with Gasteiger partial charge in [0.05, 0.1) is 6.54 Å². The van der Waals surface area contributed by atoms with Gasteiger partial charge in [0, 0.05) is 29.8 Å². The lowest BCUT2D eigenvalue weighted by Crippen LogP contribution is -2.41. The molecule has 18 heavy (non-hydrogen) atoms. The fraction of sp³-hybridized carbons (Fsp3) is 0.462. The third-order valence-corrected chi connectivity index (χ3v) is 3.30. The van der Waals surface area contributed by atoms with Gasteiger partial charge >= 0.3 is 0 Å². The molecule has 1 aliphatic heterocycles. The largest absolute Gasteiger partial charge is 0.369 e. The van der Waals surface area contributed by atoms with E-state index in [0.29, 0.717) is 6.54 Å². The van der Waals surface area contributed by atoms with Crippen molar-refractivity contribution in [2.75, 3.05) is 31.6 Å². The summed E-state index contributed by atoms with van der Waals surface area (Å²) in [5, 5.41) is 6.61. The lowest BCUT2D eigenvalue weighted by Gasteiger charge is -2.19. The van der Waals surface area contributed by atoms with Gasteiger partial charge in [-0.05, 0) is 31.7 Å². The highest BCUT2D eigenvalue weighted by Crippen LogP contribution is 2.23. The Morgan fingerprint density at radius 1 is 1.56 bits per heavy atom. The van der Waals surface area contributed by atoms with E-state index < -0.39 is 0 Å². The number of carbonyl (C=O) groups is 1. The summed E-state index contributed by atoms with van der Waals surface area (Å²) in [5.74, 6) is 0.0513. The van der Waals surface area contributed by atoms with Crippen LogP contribution in [0, 0.1) is 0 Å². The number of hydrogen-bond acceptors (Lipinski definition) is 3. The molecule has 98 valence electrons. The predicted octanol–water partition coefficient (Wildman–Crippen LogP) is 1.25. The molecule has 2 N–H and O–H groups in total. The molecule has 1 saturated heterocycles. The highest BCUT2D eigenvalue weighted by molar-refractivity contribution is 6.30. The van der Waals surface area contributed by atoms with Crippen molar-refractivity contribution in [2.45, 2.75) is 12.5 Å². The van der Waals surface area contributed by atoms with E-state index >= 15 is 0 Å². The van der Waals surface area contributed by atoms with Crippen LogP contribution < -0.4 is 15.5 Å². The number of rotatable bonds is 4. The minimum Gasteiger partial charge on any atom is -0.369 e. The molecule has 0 saturated carbocycles. The van der Waals surface area contributed by atoms with E-state index in [-0.39, 0.29) is 11.9 Å². The van der Waals surface area contributed by atoms with Crippen molar-refractivity contribution in [1.82, 2.24) is 10.6 Å². The van der Waals surface area contributed by atoms with Gasteiger partial charge in [-0.1, -0.05) is 17.7 Å². The van der Waals surface area contributed by atoms with Gasteiger partial charge in [-0.15, -0.1) is 0 Å². The van der Waals surface area contributed by atoms with Gasteiger partial charge in [0.1, 0.15) is 0 Å². The number of anilines is 1. The van der Waals surface area contributed by atoms with Crippen molar-refractivity contribution in [3.8, 4) is 0 Å². The van der Waals surface area contributed by atoms with Crippen LogP contribution in [0.3, 0.4) is 0 Å². The van der Waals surface area contributed by atoms with Gasteiger partial charge in [0.2, 0.25) is 5.91 Å². The number of halogens is 1. The summed E-state index contributed by atoms with van der Waals surface area (Å²) < 4.78 is 0. The van der Waals surface area contributed by atoms with Crippen LogP contribution in [0.25, 0.3) is 0 Å². The predicted molar refractivity (Wildman–Crippen MR) is 74.1 cm³/mol. The molecule has 0 bridgehead atoms.